The van der Waals surface area contributed by atoms with E-state index in [-0.39, 0.29) is 15.5 Å². The van der Waals surface area contributed by atoms with Crippen LogP contribution in [-0.4, -0.2) is 20.1 Å². The van der Waals surface area contributed by atoms with Crippen LogP contribution in [0.5, 0.6) is 11.5 Å². The summed E-state index contributed by atoms with van der Waals surface area (Å²) in [4.78, 5) is 0.389. The Hall–Kier alpha value is -2.01. The van der Waals surface area contributed by atoms with Gasteiger partial charge in [-0.3, -0.25) is 0 Å². The summed E-state index contributed by atoms with van der Waals surface area (Å²) >= 11 is 0. The van der Waals surface area contributed by atoms with Crippen LogP contribution in [0.3, 0.4) is 0 Å². The molecule has 21 heavy (non-hydrogen) atoms. The first-order valence-corrected chi connectivity index (χ1v) is 8.27. The van der Waals surface area contributed by atoms with Gasteiger partial charge in [0.1, 0.15) is 11.5 Å². The smallest absolute Gasteiger partial charge is 0.206 e. The van der Waals surface area contributed by atoms with Crippen molar-refractivity contribution in [2.75, 3.05) is 6.61 Å². The van der Waals surface area contributed by atoms with Crippen LogP contribution in [0.4, 0.5) is 0 Å². The minimum atomic E-state index is -3.59. The quantitative estimate of drug-likeness (QED) is 0.921. The molecule has 0 spiro atoms. The fraction of sp³-hybridized carbons (Fsp3) is 0.250. The van der Waals surface area contributed by atoms with E-state index in [4.69, 9.17) is 4.74 Å². The van der Waals surface area contributed by atoms with Gasteiger partial charge in [-0.25, -0.2) is 8.42 Å². The predicted molar refractivity (Wildman–Crippen MR) is 80.5 cm³/mol. The largest absolute Gasteiger partial charge is 0.508 e. The molecule has 0 aromatic heterocycles. The molecule has 0 bridgehead atoms. The van der Waals surface area contributed by atoms with Crippen LogP contribution in [0.2, 0.25) is 0 Å². The zero-order valence-corrected chi connectivity index (χ0v) is 12.9. The molecule has 0 aliphatic rings. The Labute approximate surface area is 124 Å². The first-order chi connectivity index (χ1) is 9.98. The molecule has 0 atom stereocenters. The number of aryl methyl sites for hydroxylation is 1. The van der Waals surface area contributed by atoms with Gasteiger partial charge in [0.25, 0.3) is 0 Å². The highest BCUT2D eigenvalue weighted by molar-refractivity contribution is 7.91. The Bertz CT molecular complexity index is 718. The van der Waals surface area contributed by atoms with E-state index in [1.807, 2.05) is 13.8 Å². The number of phenols is 1. The molecule has 1 N–H and O–H groups in total. The van der Waals surface area contributed by atoms with Crippen molar-refractivity contribution in [3.05, 3.63) is 48.0 Å². The number of benzene rings is 2. The summed E-state index contributed by atoms with van der Waals surface area (Å²) in [6.07, 6.45) is 0.568. The van der Waals surface area contributed by atoms with Gasteiger partial charge in [-0.05, 0) is 61.4 Å². The van der Waals surface area contributed by atoms with Gasteiger partial charge in [-0.1, -0.05) is 6.92 Å². The van der Waals surface area contributed by atoms with E-state index in [2.05, 4.69) is 0 Å². The molecule has 2 aromatic carbocycles. The maximum Gasteiger partial charge on any atom is 0.206 e. The Morgan fingerprint density at radius 2 is 1.62 bits per heavy atom. The van der Waals surface area contributed by atoms with Crippen molar-refractivity contribution in [3.8, 4) is 11.5 Å². The lowest BCUT2D eigenvalue weighted by Crippen LogP contribution is -2.03. The number of sulfone groups is 1. The number of ether oxygens (including phenoxy) is 1. The van der Waals surface area contributed by atoms with Gasteiger partial charge in [-0.2, -0.15) is 0 Å². The van der Waals surface area contributed by atoms with Gasteiger partial charge in [0.05, 0.1) is 16.4 Å². The second-order valence-corrected chi connectivity index (χ2v) is 6.50. The van der Waals surface area contributed by atoms with E-state index in [9.17, 15) is 13.5 Å². The molecule has 0 heterocycles. The van der Waals surface area contributed by atoms with Crippen LogP contribution < -0.4 is 4.74 Å². The monoisotopic (exact) mass is 306 g/mol. The average Bonchev–Trinajstić information content (AvgIpc) is 2.48. The van der Waals surface area contributed by atoms with E-state index in [1.165, 1.54) is 30.3 Å². The van der Waals surface area contributed by atoms with Crippen molar-refractivity contribution < 1.29 is 18.3 Å². The number of aromatic hydroxyl groups is 1. The van der Waals surface area contributed by atoms with E-state index >= 15 is 0 Å². The normalized spacial score (nSPS) is 11.3. The van der Waals surface area contributed by atoms with Crippen molar-refractivity contribution in [3.63, 3.8) is 0 Å². The Kier molecular flexibility index (Phi) is 4.53. The predicted octanol–water partition coefficient (Wildman–Crippen LogP) is 3.19. The topological polar surface area (TPSA) is 63.6 Å². The number of phenolic OH excluding ortho intramolecular Hbond substituents is 1. The molecule has 0 saturated heterocycles. The molecule has 2 aromatic rings. The summed E-state index contributed by atoms with van der Waals surface area (Å²) in [6.45, 7) is 4.26. The average molecular weight is 306 g/mol. The second-order valence-electron chi connectivity index (χ2n) is 4.55. The number of hydrogen-bond donors (Lipinski definition) is 1. The van der Waals surface area contributed by atoms with Crippen LogP contribution >= 0.6 is 0 Å². The van der Waals surface area contributed by atoms with Crippen molar-refractivity contribution in [1.29, 1.82) is 0 Å². The molecule has 0 aliphatic heterocycles. The lowest BCUT2D eigenvalue weighted by Gasteiger charge is -2.09. The van der Waals surface area contributed by atoms with Gasteiger partial charge in [-0.15, -0.1) is 0 Å². The number of hydrogen-bond acceptors (Lipinski definition) is 4. The first-order valence-electron chi connectivity index (χ1n) is 6.79. The first kappa shape index (κ1) is 15.4. The summed E-state index contributed by atoms with van der Waals surface area (Å²) in [5, 5.41) is 9.66. The van der Waals surface area contributed by atoms with Gasteiger partial charge in [0, 0.05) is 0 Å². The standard InChI is InChI=1S/C16H18O4S/c1-3-12-11-15(9-10-16(12)17)21(18,19)14-7-5-13(6-8-14)20-4-2/h5-11,17H,3-4H2,1-2H3. The highest BCUT2D eigenvalue weighted by Crippen LogP contribution is 2.27. The summed E-state index contributed by atoms with van der Waals surface area (Å²) in [6, 6.07) is 10.7. The third kappa shape index (κ3) is 3.19. The molecule has 112 valence electrons. The van der Waals surface area contributed by atoms with Crippen molar-refractivity contribution in [2.24, 2.45) is 0 Å². The minimum absolute atomic E-state index is 0.114. The fourth-order valence-corrected chi connectivity index (χ4v) is 3.34. The van der Waals surface area contributed by atoms with Gasteiger partial charge in [0.15, 0.2) is 0 Å². The zero-order chi connectivity index (χ0) is 15.5. The maximum absolute atomic E-state index is 12.6. The van der Waals surface area contributed by atoms with Crippen LogP contribution in [-0.2, 0) is 16.3 Å². The Morgan fingerprint density at radius 3 is 2.19 bits per heavy atom. The third-order valence-corrected chi connectivity index (χ3v) is 4.95. The molecule has 2 rings (SSSR count). The Balaban J connectivity index is 2.41. The van der Waals surface area contributed by atoms with Gasteiger partial charge < -0.3 is 9.84 Å². The van der Waals surface area contributed by atoms with Crippen LogP contribution in [0.15, 0.2) is 52.3 Å². The fourth-order valence-electron chi connectivity index (χ4n) is 2.03. The van der Waals surface area contributed by atoms with E-state index in [1.54, 1.807) is 12.1 Å². The molecule has 0 amide bonds. The molecule has 0 unspecified atom stereocenters. The summed E-state index contributed by atoms with van der Waals surface area (Å²) in [5.41, 5.74) is 0.613. The van der Waals surface area contributed by atoms with E-state index in [0.717, 1.165) is 0 Å². The molecular weight excluding hydrogens is 288 g/mol. The lowest BCUT2D eigenvalue weighted by atomic mass is 10.1. The van der Waals surface area contributed by atoms with Crippen LogP contribution in [0.1, 0.15) is 19.4 Å². The molecule has 5 heteroatoms. The van der Waals surface area contributed by atoms with Crippen molar-refractivity contribution in [2.45, 2.75) is 30.1 Å². The number of rotatable bonds is 5. The SMILES string of the molecule is CCOc1ccc(S(=O)(=O)c2ccc(O)c(CC)c2)cc1. The summed E-state index contributed by atoms with van der Waals surface area (Å²) < 4.78 is 30.4. The molecular formula is C16H18O4S. The summed E-state index contributed by atoms with van der Waals surface area (Å²) in [5.74, 6) is 0.750. The highest BCUT2D eigenvalue weighted by atomic mass is 32.2. The third-order valence-electron chi connectivity index (χ3n) is 3.19. The van der Waals surface area contributed by atoms with Crippen molar-refractivity contribution in [1.82, 2.24) is 0 Å². The van der Waals surface area contributed by atoms with E-state index < -0.39 is 9.84 Å². The second kappa shape index (κ2) is 6.18. The Morgan fingerprint density at radius 1 is 1.00 bits per heavy atom. The molecule has 0 saturated carbocycles. The lowest BCUT2D eigenvalue weighted by molar-refractivity contribution is 0.340. The summed E-state index contributed by atoms with van der Waals surface area (Å²) in [7, 11) is -3.59. The molecule has 4 nitrogen and oxygen atoms in total. The van der Waals surface area contributed by atoms with Crippen LogP contribution in [0, 0.1) is 0 Å². The van der Waals surface area contributed by atoms with Crippen LogP contribution in [0.25, 0.3) is 0 Å². The highest BCUT2D eigenvalue weighted by Gasteiger charge is 2.18. The minimum Gasteiger partial charge on any atom is -0.508 e. The molecule has 0 radical (unpaired) electrons. The van der Waals surface area contributed by atoms with E-state index in [0.29, 0.717) is 24.3 Å². The van der Waals surface area contributed by atoms with Gasteiger partial charge in [0.2, 0.25) is 9.84 Å². The van der Waals surface area contributed by atoms with Gasteiger partial charge >= 0.3 is 0 Å². The molecule has 0 fully saturated rings. The maximum atomic E-state index is 12.6. The molecule has 0 aliphatic carbocycles. The van der Waals surface area contributed by atoms with Crippen molar-refractivity contribution >= 4 is 9.84 Å². The zero-order valence-electron chi connectivity index (χ0n) is 12.0.